The number of hydrogen-bond donors (Lipinski definition) is 0. The number of halogens is 1. The smallest absolute Gasteiger partial charge is 0.0186 e. The second-order valence-electron chi connectivity index (χ2n) is 5.41. The Balaban J connectivity index is 1.59. The maximum atomic E-state index is 3.87. The van der Waals surface area contributed by atoms with Gasteiger partial charge in [-0.3, -0.25) is 0 Å². The van der Waals surface area contributed by atoms with Crippen LogP contribution in [0.25, 0.3) is 10.8 Å². The van der Waals surface area contributed by atoms with Crippen molar-refractivity contribution in [1.82, 2.24) is 0 Å². The lowest BCUT2D eigenvalue weighted by Gasteiger charge is -2.12. The van der Waals surface area contributed by atoms with Crippen molar-refractivity contribution in [2.75, 3.05) is 0 Å². The van der Waals surface area contributed by atoms with Crippen LogP contribution in [-0.4, -0.2) is 4.83 Å². The van der Waals surface area contributed by atoms with Crippen molar-refractivity contribution in [3.63, 3.8) is 0 Å². The van der Waals surface area contributed by atoms with Crippen LogP contribution in [0.15, 0.2) is 60.0 Å². The van der Waals surface area contributed by atoms with Crippen molar-refractivity contribution in [3.8, 4) is 0 Å². The zero-order valence-corrected chi connectivity index (χ0v) is 14.4. The number of thiophene rings is 1. The molecule has 3 aromatic rings. The van der Waals surface area contributed by atoms with Gasteiger partial charge in [-0.1, -0.05) is 64.5 Å². The van der Waals surface area contributed by atoms with Crippen molar-refractivity contribution in [2.45, 2.75) is 30.5 Å². The number of rotatable bonds is 6. The van der Waals surface area contributed by atoms with Crippen molar-refractivity contribution >= 4 is 38.0 Å². The largest absolute Gasteiger partial charge is 0.149 e. The standard InChI is InChI=1S/C19H19BrS/c20-17(9-4-10-18-11-5-13-21-18)14-16-8-3-7-15-6-1-2-12-19(15)16/h1-3,5-8,11-13,17H,4,9-10,14H2. The van der Waals surface area contributed by atoms with Crippen LogP contribution < -0.4 is 0 Å². The SMILES string of the molecule is BrC(CCCc1cccs1)Cc1cccc2ccccc12. The van der Waals surface area contributed by atoms with Gasteiger partial charge in [0.2, 0.25) is 0 Å². The van der Waals surface area contributed by atoms with E-state index in [-0.39, 0.29) is 0 Å². The molecular weight excluding hydrogens is 340 g/mol. The lowest BCUT2D eigenvalue weighted by Crippen LogP contribution is -2.03. The normalized spacial score (nSPS) is 12.6. The predicted octanol–water partition coefficient (Wildman–Crippen LogP) is 6.23. The van der Waals surface area contributed by atoms with Gasteiger partial charge in [0.05, 0.1) is 0 Å². The molecule has 0 nitrogen and oxygen atoms in total. The van der Waals surface area contributed by atoms with Crippen LogP contribution in [0, 0.1) is 0 Å². The van der Waals surface area contributed by atoms with Crippen LogP contribution >= 0.6 is 27.3 Å². The Hall–Kier alpha value is -1.12. The van der Waals surface area contributed by atoms with Crippen molar-refractivity contribution in [1.29, 1.82) is 0 Å². The summed E-state index contributed by atoms with van der Waals surface area (Å²) in [6.07, 6.45) is 4.78. The molecule has 0 aliphatic heterocycles. The van der Waals surface area contributed by atoms with E-state index in [1.165, 1.54) is 40.5 Å². The monoisotopic (exact) mass is 358 g/mol. The van der Waals surface area contributed by atoms with Crippen molar-refractivity contribution in [2.24, 2.45) is 0 Å². The van der Waals surface area contributed by atoms with E-state index in [2.05, 4.69) is 75.9 Å². The van der Waals surface area contributed by atoms with Gasteiger partial charge >= 0.3 is 0 Å². The van der Waals surface area contributed by atoms with Crippen LogP contribution in [0.5, 0.6) is 0 Å². The van der Waals surface area contributed by atoms with Gasteiger partial charge in [0.1, 0.15) is 0 Å². The summed E-state index contributed by atoms with van der Waals surface area (Å²) in [4.78, 5) is 2.06. The minimum absolute atomic E-state index is 0.559. The van der Waals surface area contributed by atoms with E-state index in [1.54, 1.807) is 0 Å². The first-order valence-corrected chi connectivity index (χ1v) is 9.25. The first kappa shape index (κ1) is 14.8. The molecule has 0 saturated heterocycles. The second-order valence-corrected chi connectivity index (χ2v) is 7.74. The molecule has 0 aliphatic carbocycles. The molecule has 21 heavy (non-hydrogen) atoms. The number of aryl methyl sites for hydroxylation is 1. The van der Waals surface area contributed by atoms with Crippen LogP contribution in [0.2, 0.25) is 0 Å². The molecule has 3 rings (SSSR count). The highest BCUT2D eigenvalue weighted by Gasteiger charge is 2.08. The van der Waals surface area contributed by atoms with Gasteiger partial charge in [-0.25, -0.2) is 0 Å². The molecule has 0 N–H and O–H groups in total. The molecule has 2 aromatic carbocycles. The Morgan fingerprint density at radius 1 is 0.952 bits per heavy atom. The Bertz CT molecular complexity index is 682. The van der Waals surface area contributed by atoms with Crippen molar-refractivity contribution < 1.29 is 0 Å². The summed E-state index contributed by atoms with van der Waals surface area (Å²) in [6, 6.07) is 19.7. The molecular formula is C19H19BrS. The maximum absolute atomic E-state index is 3.87. The van der Waals surface area contributed by atoms with Gasteiger partial charge in [-0.05, 0) is 53.5 Å². The first-order chi connectivity index (χ1) is 10.3. The molecule has 1 aromatic heterocycles. The topological polar surface area (TPSA) is 0 Å². The lowest BCUT2D eigenvalue weighted by atomic mass is 9.99. The zero-order chi connectivity index (χ0) is 14.5. The molecule has 0 spiro atoms. The Kier molecular flexibility index (Phi) is 5.10. The summed E-state index contributed by atoms with van der Waals surface area (Å²) in [6.45, 7) is 0. The Morgan fingerprint density at radius 2 is 1.81 bits per heavy atom. The van der Waals surface area contributed by atoms with Gasteiger partial charge in [-0.15, -0.1) is 11.3 Å². The molecule has 0 radical (unpaired) electrons. The highest BCUT2D eigenvalue weighted by Crippen LogP contribution is 2.24. The molecule has 0 aliphatic rings. The highest BCUT2D eigenvalue weighted by molar-refractivity contribution is 9.09. The van der Waals surface area contributed by atoms with E-state index in [0.29, 0.717) is 4.83 Å². The highest BCUT2D eigenvalue weighted by atomic mass is 79.9. The number of benzene rings is 2. The molecule has 1 unspecified atom stereocenters. The Labute approximate surface area is 139 Å². The fourth-order valence-electron chi connectivity index (χ4n) is 2.76. The van der Waals surface area contributed by atoms with Gasteiger partial charge < -0.3 is 0 Å². The van der Waals surface area contributed by atoms with E-state index in [9.17, 15) is 0 Å². The minimum atomic E-state index is 0.559. The fraction of sp³-hybridized carbons (Fsp3) is 0.263. The third-order valence-corrected chi connectivity index (χ3v) is 5.56. The quantitative estimate of drug-likeness (QED) is 0.458. The Morgan fingerprint density at radius 3 is 2.67 bits per heavy atom. The average molecular weight is 359 g/mol. The molecule has 0 saturated carbocycles. The lowest BCUT2D eigenvalue weighted by molar-refractivity contribution is 0.706. The summed E-state index contributed by atoms with van der Waals surface area (Å²) in [5, 5.41) is 4.90. The van der Waals surface area contributed by atoms with E-state index in [0.717, 1.165) is 6.42 Å². The summed E-state index contributed by atoms with van der Waals surface area (Å²) < 4.78 is 0. The predicted molar refractivity (Wildman–Crippen MR) is 97.6 cm³/mol. The third-order valence-electron chi connectivity index (χ3n) is 3.84. The van der Waals surface area contributed by atoms with Gasteiger partial charge in [0.25, 0.3) is 0 Å². The number of hydrogen-bond acceptors (Lipinski definition) is 1. The van der Waals surface area contributed by atoms with Gasteiger partial charge in [-0.2, -0.15) is 0 Å². The van der Waals surface area contributed by atoms with Gasteiger partial charge in [0, 0.05) is 9.70 Å². The van der Waals surface area contributed by atoms with Crippen LogP contribution in [0.3, 0.4) is 0 Å². The van der Waals surface area contributed by atoms with E-state index in [4.69, 9.17) is 0 Å². The van der Waals surface area contributed by atoms with Gasteiger partial charge in [0.15, 0.2) is 0 Å². The molecule has 1 heterocycles. The van der Waals surface area contributed by atoms with Crippen LogP contribution in [0.1, 0.15) is 23.3 Å². The molecule has 1 atom stereocenters. The fourth-order valence-corrected chi connectivity index (χ4v) is 4.19. The van der Waals surface area contributed by atoms with Crippen LogP contribution in [0.4, 0.5) is 0 Å². The minimum Gasteiger partial charge on any atom is -0.149 e. The van der Waals surface area contributed by atoms with E-state index in [1.807, 2.05) is 11.3 Å². The maximum Gasteiger partial charge on any atom is 0.0186 e. The van der Waals surface area contributed by atoms with Crippen LogP contribution in [-0.2, 0) is 12.8 Å². The first-order valence-electron chi connectivity index (χ1n) is 7.46. The number of alkyl halides is 1. The second kappa shape index (κ2) is 7.24. The molecule has 0 amide bonds. The average Bonchev–Trinajstić information content (AvgIpc) is 3.01. The van der Waals surface area contributed by atoms with E-state index >= 15 is 0 Å². The summed E-state index contributed by atoms with van der Waals surface area (Å²) in [7, 11) is 0. The summed E-state index contributed by atoms with van der Waals surface area (Å²) in [5.74, 6) is 0. The molecule has 2 heteroatoms. The van der Waals surface area contributed by atoms with Crippen molar-refractivity contribution in [3.05, 3.63) is 70.4 Å². The number of fused-ring (bicyclic) bond motifs is 1. The molecule has 0 bridgehead atoms. The summed E-state index contributed by atoms with van der Waals surface area (Å²) >= 11 is 5.73. The van der Waals surface area contributed by atoms with E-state index < -0.39 is 0 Å². The molecule has 0 fully saturated rings. The zero-order valence-electron chi connectivity index (χ0n) is 12.0. The molecule has 108 valence electrons. The third kappa shape index (κ3) is 3.96. The summed E-state index contributed by atoms with van der Waals surface area (Å²) in [5.41, 5.74) is 1.45.